The summed E-state index contributed by atoms with van der Waals surface area (Å²) in [5, 5.41) is 4.14. The predicted molar refractivity (Wildman–Crippen MR) is 96.5 cm³/mol. The van der Waals surface area contributed by atoms with Gasteiger partial charge in [0.05, 0.1) is 0 Å². The average molecular weight is 338 g/mol. The third-order valence-electron chi connectivity index (χ3n) is 5.67. The van der Waals surface area contributed by atoms with Gasteiger partial charge in [0, 0.05) is 25.1 Å². The van der Waals surface area contributed by atoms with Crippen LogP contribution in [0.15, 0.2) is 34.9 Å². The topological polar surface area (TPSA) is 46.3 Å². The van der Waals surface area contributed by atoms with Gasteiger partial charge in [-0.05, 0) is 50.0 Å². The fraction of sp³-hybridized carbons (Fsp3) is 0.524. The molecule has 1 saturated heterocycles. The summed E-state index contributed by atoms with van der Waals surface area (Å²) in [6.45, 7) is 1.66. The molecule has 2 aromatic rings. The molecule has 1 aliphatic heterocycles. The van der Waals surface area contributed by atoms with Crippen molar-refractivity contribution in [3.05, 3.63) is 52.9 Å². The zero-order valence-electron chi connectivity index (χ0n) is 14.7. The Morgan fingerprint density at radius 2 is 1.84 bits per heavy atom. The van der Waals surface area contributed by atoms with Crippen molar-refractivity contribution >= 4 is 5.91 Å². The molecule has 25 heavy (non-hydrogen) atoms. The normalized spacial score (nSPS) is 18.6. The molecular weight excluding hydrogens is 312 g/mol. The van der Waals surface area contributed by atoms with Gasteiger partial charge in [-0.2, -0.15) is 0 Å². The van der Waals surface area contributed by atoms with Crippen LogP contribution < -0.4 is 0 Å². The lowest BCUT2D eigenvalue weighted by molar-refractivity contribution is 0.0679. The summed E-state index contributed by atoms with van der Waals surface area (Å²) in [5.41, 5.74) is 3.06. The molecule has 2 aliphatic rings. The lowest BCUT2D eigenvalue weighted by Crippen LogP contribution is -2.39. The van der Waals surface area contributed by atoms with Crippen molar-refractivity contribution in [1.82, 2.24) is 10.1 Å². The molecule has 0 N–H and O–H groups in total. The molecule has 4 nitrogen and oxygen atoms in total. The zero-order valence-corrected chi connectivity index (χ0v) is 14.7. The van der Waals surface area contributed by atoms with Crippen molar-refractivity contribution in [1.29, 1.82) is 0 Å². The first-order valence-corrected chi connectivity index (χ1v) is 9.62. The summed E-state index contributed by atoms with van der Waals surface area (Å²) in [6, 6.07) is 10.7. The third kappa shape index (κ3) is 3.63. The summed E-state index contributed by atoms with van der Waals surface area (Å²) in [6.07, 6.45) is 8.60. The first kappa shape index (κ1) is 16.4. The number of aryl methyl sites for hydroxylation is 1. The van der Waals surface area contributed by atoms with Gasteiger partial charge in [-0.25, -0.2) is 0 Å². The number of piperidine rings is 1. The first-order chi connectivity index (χ1) is 12.3. The van der Waals surface area contributed by atoms with Gasteiger partial charge in [0.1, 0.15) is 5.76 Å². The smallest absolute Gasteiger partial charge is 0.276 e. The first-order valence-electron chi connectivity index (χ1n) is 9.62. The number of aromatic nitrogens is 1. The maximum atomic E-state index is 12.9. The Kier molecular flexibility index (Phi) is 4.86. The third-order valence-corrected chi connectivity index (χ3v) is 5.67. The monoisotopic (exact) mass is 338 g/mol. The van der Waals surface area contributed by atoms with E-state index < -0.39 is 0 Å². The van der Waals surface area contributed by atoms with Crippen LogP contribution in [0.3, 0.4) is 0 Å². The van der Waals surface area contributed by atoms with E-state index in [9.17, 15) is 4.79 Å². The summed E-state index contributed by atoms with van der Waals surface area (Å²) < 4.78 is 5.48. The predicted octanol–water partition coefficient (Wildman–Crippen LogP) is 4.04. The molecule has 0 radical (unpaired) electrons. The minimum absolute atomic E-state index is 0.0741. The Morgan fingerprint density at radius 1 is 1.08 bits per heavy atom. The lowest BCUT2D eigenvalue weighted by atomic mass is 9.90. The number of carbonyl (C=O) groups excluding carboxylic acids is 1. The van der Waals surface area contributed by atoms with E-state index in [1.165, 1.54) is 12.0 Å². The van der Waals surface area contributed by atoms with Crippen LogP contribution in [0.5, 0.6) is 0 Å². The molecule has 0 atom stereocenters. The van der Waals surface area contributed by atoms with Gasteiger partial charge in [-0.15, -0.1) is 0 Å². The molecule has 0 saturated carbocycles. The fourth-order valence-electron chi connectivity index (χ4n) is 4.17. The molecule has 4 rings (SSSR count). The number of hydrogen-bond acceptors (Lipinski definition) is 3. The van der Waals surface area contributed by atoms with Gasteiger partial charge in [-0.3, -0.25) is 4.79 Å². The van der Waals surface area contributed by atoms with Crippen LogP contribution in [0.1, 0.15) is 59.5 Å². The molecule has 2 heterocycles. The van der Waals surface area contributed by atoms with Crippen LogP contribution in [-0.4, -0.2) is 29.1 Å². The molecule has 132 valence electrons. The SMILES string of the molecule is O=C(c1noc2c1CCCCC2)N1CCC(Cc2ccccc2)CC1. The van der Waals surface area contributed by atoms with E-state index in [0.29, 0.717) is 11.6 Å². The highest BCUT2D eigenvalue weighted by atomic mass is 16.5. The number of amides is 1. The van der Waals surface area contributed by atoms with Crippen molar-refractivity contribution in [2.45, 2.75) is 51.4 Å². The zero-order chi connectivity index (χ0) is 17.1. The molecule has 1 aliphatic carbocycles. The average Bonchev–Trinajstić information content (AvgIpc) is 2.91. The molecule has 4 heteroatoms. The minimum atomic E-state index is 0.0741. The van der Waals surface area contributed by atoms with Gasteiger partial charge in [0.25, 0.3) is 5.91 Å². The van der Waals surface area contributed by atoms with Crippen molar-refractivity contribution in [3.8, 4) is 0 Å². The fourth-order valence-corrected chi connectivity index (χ4v) is 4.17. The van der Waals surface area contributed by atoms with Crippen LogP contribution in [-0.2, 0) is 19.3 Å². The maximum Gasteiger partial charge on any atom is 0.276 e. The maximum absolute atomic E-state index is 12.9. The number of fused-ring (bicyclic) bond motifs is 1. The molecule has 1 amide bonds. The van der Waals surface area contributed by atoms with Crippen LogP contribution in [0.2, 0.25) is 0 Å². The Labute approximate surface area is 149 Å². The van der Waals surface area contributed by atoms with Crippen molar-refractivity contribution < 1.29 is 9.32 Å². The van der Waals surface area contributed by atoms with Crippen molar-refractivity contribution in [2.24, 2.45) is 5.92 Å². The van der Waals surface area contributed by atoms with E-state index in [1.54, 1.807) is 0 Å². The molecule has 1 aromatic carbocycles. The summed E-state index contributed by atoms with van der Waals surface area (Å²) in [5.74, 6) is 1.69. The number of benzene rings is 1. The van der Waals surface area contributed by atoms with Crippen LogP contribution in [0.25, 0.3) is 0 Å². The summed E-state index contributed by atoms with van der Waals surface area (Å²) in [7, 11) is 0. The second-order valence-corrected chi connectivity index (χ2v) is 7.42. The highest BCUT2D eigenvalue weighted by Crippen LogP contribution is 2.27. The van der Waals surface area contributed by atoms with Crippen LogP contribution in [0.4, 0.5) is 0 Å². The van der Waals surface area contributed by atoms with Gasteiger partial charge in [0.2, 0.25) is 0 Å². The van der Waals surface area contributed by atoms with E-state index >= 15 is 0 Å². The van der Waals surface area contributed by atoms with Gasteiger partial charge >= 0.3 is 0 Å². The molecule has 0 unspecified atom stereocenters. The Hall–Kier alpha value is -2.10. The number of nitrogens with zero attached hydrogens (tertiary/aromatic N) is 2. The quantitative estimate of drug-likeness (QED) is 0.794. The summed E-state index contributed by atoms with van der Waals surface area (Å²) in [4.78, 5) is 14.9. The largest absolute Gasteiger partial charge is 0.360 e. The van der Waals surface area contributed by atoms with Gasteiger partial charge in [-0.1, -0.05) is 41.9 Å². The molecule has 0 bridgehead atoms. The van der Waals surface area contributed by atoms with E-state index in [-0.39, 0.29) is 5.91 Å². The Balaban J connectivity index is 1.38. The van der Waals surface area contributed by atoms with E-state index in [1.807, 2.05) is 4.90 Å². The standard InChI is InChI=1S/C21H26N2O2/c24-21(20-18-9-5-2-6-10-19(18)25-22-20)23-13-11-17(12-14-23)15-16-7-3-1-4-8-16/h1,3-4,7-8,17H,2,5-6,9-15H2. The highest BCUT2D eigenvalue weighted by Gasteiger charge is 2.29. The number of carbonyl (C=O) groups is 1. The molecule has 1 aromatic heterocycles. The molecule has 0 spiro atoms. The van der Waals surface area contributed by atoms with Crippen LogP contribution in [0, 0.1) is 5.92 Å². The lowest BCUT2D eigenvalue weighted by Gasteiger charge is -2.31. The van der Waals surface area contributed by atoms with Crippen molar-refractivity contribution in [3.63, 3.8) is 0 Å². The molecular formula is C21H26N2O2. The second-order valence-electron chi connectivity index (χ2n) is 7.42. The minimum Gasteiger partial charge on any atom is -0.360 e. The Morgan fingerprint density at radius 3 is 2.64 bits per heavy atom. The van der Waals surface area contributed by atoms with E-state index in [2.05, 4.69) is 35.5 Å². The summed E-state index contributed by atoms with van der Waals surface area (Å²) >= 11 is 0. The van der Waals surface area contributed by atoms with Gasteiger partial charge in [0.15, 0.2) is 5.69 Å². The number of rotatable bonds is 3. The second kappa shape index (κ2) is 7.42. The molecule has 1 fully saturated rings. The number of likely N-dealkylation sites (tertiary alicyclic amines) is 1. The van der Waals surface area contributed by atoms with Crippen LogP contribution >= 0.6 is 0 Å². The number of hydrogen-bond donors (Lipinski definition) is 0. The Bertz CT molecular complexity index is 715. The van der Waals surface area contributed by atoms with Crippen molar-refractivity contribution in [2.75, 3.05) is 13.1 Å². The van der Waals surface area contributed by atoms with E-state index in [4.69, 9.17) is 4.52 Å². The van der Waals surface area contributed by atoms with E-state index in [0.717, 1.165) is 69.4 Å². The van der Waals surface area contributed by atoms with Gasteiger partial charge < -0.3 is 9.42 Å². The highest BCUT2D eigenvalue weighted by molar-refractivity contribution is 5.94.